The molecule has 0 nitrogen and oxygen atoms in total. The molecule has 0 aromatic carbocycles. The van der Waals surface area contributed by atoms with Crippen molar-refractivity contribution < 1.29 is 0 Å². The van der Waals surface area contributed by atoms with E-state index in [1.54, 1.807) is 5.37 Å². The summed E-state index contributed by atoms with van der Waals surface area (Å²) in [7, 11) is 0. The molecule has 0 saturated heterocycles. The van der Waals surface area contributed by atoms with Crippen molar-refractivity contribution in [1.82, 2.24) is 0 Å². The van der Waals surface area contributed by atoms with Gasteiger partial charge in [-0.25, -0.2) is 0 Å². The van der Waals surface area contributed by atoms with Crippen LogP contribution in [0.2, 0.25) is 0 Å². The first-order valence-electron chi connectivity index (χ1n) is 1.14. The van der Waals surface area contributed by atoms with Crippen LogP contribution in [-0.2, 0) is 0 Å². The van der Waals surface area contributed by atoms with Gasteiger partial charge in [0.05, 0.1) is 6.92 Å². The normalized spacial score (nSPS) is 6.00. The van der Waals surface area contributed by atoms with Crippen LogP contribution in [0, 0.1) is 6.92 Å². The lowest BCUT2D eigenvalue weighted by molar-refractivity contribution is 1.60. The second-order valence-corrected chi connectivity index (χ2v) is 0.789. The molecule has 0 amide bonds. The zero-order valence-electron chi connectivity index (χ0n) is 2.40. The average molecular weight is 73.1 g/mol. The lowest BCUT2D eigenvalue weighted by atomic mass is 10.6. The monoisotopic (exact) mass is 73.0 g/mol. The van der Waals surface area contributed by atoms with Gasteiger partial charge in [-0.15, -0.1) is 0 Å². The Kier molecular flexibility index (Phi) is 2.93. The zero-order valence-corrected chi connectivity index (χ0v) is 3.22. The summed E-state index contributed by atoms with van der Waals surface area (Å²) in [6, 6.07) is 0. The molecule has 0 aliphatic heterocycles. The Balaban J connectivity index is 2.30. The zero-order chi connectivity index (χ0) is 3.41. The predicted octanol–water partition coefficient (Wildman–Crippen LogP) is 1.21. The first-order valence-corrected chi connectivity index (χ1v) is 1.62. The minimum absolute atomic E-state index is 0.759. The maximum Gasteiger partial charge on any atom is 0.113 e. The van der Waals surface area contributed by atoms with Gasteiger partial charge in [-0.1, -0.05) is 12.2 Å². The van der Waals surface area contributed by atoms with Crippen LogP contribution >= 0.6 is 12.2 Å². The highest BCUT2D eigenvalue weighted by Crippen LogP contribution is 1.58. The van der Waals surface area contributed by atoms with E-state index in [0.717, 1.165) is 6.42 Å². The van der Waals surface area contributed by atoms with Crippen LogP contribution in [0.4, 0.5) is 0 Å². The largest absolute Gasteiger partial charge is 0.113 e. The molecule has 0 aliphatic rings. The fourth-order valence-corrected chi connectivity index (χ4v) is 0. The molecule has 0 aliphatic carbocycles. The van der Waals surface area contributed by atoms with Crippen molar-refractivity contribution >= 4 is 17.6 Å². The summed E-state index contributed by atoms with van der Waals surface area (Å²) < 4.78 is 0. The minimum atomic E-state index is 0.759. The van der Waals surface area contributed by atoms with Crippen molar-refractivity contribution in [3.05, 3.63) is 6.92 Å². The molecule has 0 bridgehead atoms. The van der Waals surface area contributed by atoms with Gasteiger partial charge in [-0.3, -0.25) is 0 Å². The molecule has 0 heterocycles. The summed E-state index contributed by atoms with van der Waals surface area (Å²) >= 11 is 4.37. The highest BCUT2D eigenvalue weighted by atomic mass is 32.1. The summed E-state index contributed by atoms with van der Waals surface area (Å²) in [5.74, 6) is 0. The van der Waals surface area contributed by atoms with Gasteiger partial charge in [0, 0.05) is 5.37 Å². The third-order valence-electron chi connectivity index (χ3n) is 0.118. The first-order chi connectivity index (χ1) is 1.91. The molecule has 0 rings (SSSR count). The van der Waals surface area contributed by atoms with Crippen molar-refractivity contribution in [3.8, 4) is 0 Å². The highest BCUT2D eigenvalue weighted by molar-refractivity contribution is 7.78. The molecule has 0 spiro atoms. The maximum atomic E-state index is 4.37. The van der Waals surface area contributed by atoms with Crippen LogP contribution in [0.3, 0.4) is 0 Å². The summed E-state index contributed by atoms with van der Waals surface area (Å²) in [5.41, 5.74) is 0. The Morgan fingerprint density at radius 2 is 2.25 bits per heavy atom. The fourth-order valence-electron chi connectivity index (χ4n) is 0. The third-order valence-corrected chi connectivity index (χ3v) is 0.354. The van der Waals surface area contributed by atoms with Crippen molar-refractivity contribution in [2.45, 2.75) is 6.42 Å². The van der Waals surface area contributed by atoms with Crippen LogP contribution in [-0.4, -0.2) is 5.37 Å². The van der Waals surface area contributed by atoms with Gasteiger partial charge in [-0.2, -0.15) is 0 Å². The van der Waals surface area contributed by atoms with E-state index >= 15 is 0 Å². The SMILES string of the molecule is [CH2+]CC=S. The molecule has 0 N–H and O–H groups in total. The van der Waals surface area contributed by atoms with E-state index < -0.39 is 0 Å². The molecule has 0 radical (unpaired) electrons. The van der Waals surface area contributed by atoms with E-state index in [-0.39, 0.29) is 0 Å². The van der Waals surface area contributed by atoms with E-state index in [0.29, 0.717) is 0 Å². The quantitative estimate of drug-likeness (QED) is 0.332. The minimum Gasteiger partial charge on any atom is -0.0889 e. The second-order valence-electron chi connectivity index (χ2n) is 0.455. The smallest absolute Gasteiger partial charge is 0.0889 e. The van der Waals surface area contributed by atoms with E-state index in [2.05, 4.69) is 19.1 Å². The highest BCUT2D eigenvalue weighted by Gasteiger charge is 1.58. The van der Waals surface area contributed by atoms with E-state index in [9.17, 15) is 0 Å². The molecule has 22 valence electrons. The maximum absolute atomic E-state index is 4.37. The first kappa shape index (κ1) is 3.96. The lowest BCUT2D eigenvalue weighted by Gasteiger charge is -1.45. The van der Waals surface area contributed by atoms with Gasteiger partial charge in [0.1, 0.15) is 6.42 Å². The van der Waals surface area contributed by atoms with Crippen LogP contribution < -0.4 is 0 Å². The predicted molar refractivity (Wildman–Crippen MR) is 23.6 cm³/mol. The van der Waals surface area contributed by atoms with Crippen molar-refractivity contribution in [1.29, 1.82) is 0 Å². The van der Waals surface area contributed by atoms with Crippen LogP contribution in [0.5, 0.6) is 0 Å². The summed E-state index contributed by atoms with van der Waals surface area (Å²) in [6.45, 7) is 3.44. The molecule has 1 heteroatoms. The molecule has 0 aromatic heterocycles. The molecule has 0 fully saturated rings. The van der Waals surface area contributed by atoms with Gasteiger partial charge in [-0.05, 0) is 0 Å². The van der Waals surface area contributed by atoms with Gasteiger partial charge in [0.15, 0.2) is 0 Å². The Labute approximate surface area is 31.8 Å². The van der Waals surface area contributed by atoms with Crippen molar-refractivity contribution in [2.75, 3.05) is 0 Å². The van der Waals surface area contributed by atoms with E-state index in [1.807, 2.05) is 0 Å². The number of thiocarbonyl (C=S) groups is 1. The van der Waals surface area contributed by atoms with Gasteiger partial charge in [0.2, 0.25) is 0 Å². The topological polar surface area (TPSA) is 0 Å². The van der Waals surface area contributed by atoms with Crippen molar-refractivity contribution in [3.63, 3.8) is 0 Å². The number of rotatable bonds is 1. The van der Waals surface area contributed by atoms with Crippen LogP contribution in [0.15, 0.2) is 0 Å². The second kappa shape index (κ2) is 2.96. The Bertz CT molecular complexity index is 17.2. The van der Waals surface area contributed by atoms with Gasteiger partial charge < -0.3 is 0 Å². The Morgan fingerprint density at radius 1 is 2.00 bits per heavy atom. The van der Waals surface area contributed by atoms with Crippen molar-refractivity contribution in [2.24, 2.45) is 0 Å². The molecule has 0 aromatic rings. The molecule has 0 atom stereocenters. The lowest BCUT2D eigenvalue weighted by Crippen LogP contribution is -1.50. The van der Waals surface area contributed by atoms with Crippen LogP contribution in [0.1, 0.15) is 6.42 Å². The Morgan fingerprint density at radius 3 is 2.25 bits per heavy atom. The summed E-state index contributed by atoms with van der Waals surface area (Å²) in [4.78, 5) is 0. The molecular weight excluding hydrogens is 68.1 g/mol. The molecule has 0 saturated carbocycles. The number of hydrogen-bond acceptors (Lipinski definition) is 1. The van der Waals surface area contributed by atoms with Gasteiger partial charge in [0.25, 0.3) is 0 Å². The molecular formula is C3H5S+. The van der Waals surface area contributed by atoms with E-state index in [4.69, 9.17) is 0 Å². The molecule has 0 unspecified atom stereocenters. The summed E-state index contributed by atoms with van der Waals surface area (Å²) in [6.07, 6.45) is 0.759. The average Bonchev–Trinajstić information content (AvgIpc) is 1.37. The summed E-state index contributed by atoms with van der Waals surface area (Å²) in [5, 5.41) is 1.60. The standard InChI is InChI=1S/C3H5S/c1-2-3-4/h3H,1-2H2/q+1. The number of hydrogen-bond donors (Lipinski definition) is 0. The molecule has 4 heavy (non-hydrogen) atoms. The Hall–Kier alpha value is -0.0400. The third kappa shape index (κ3) is 1.96. The van der Waals surface area contributed by atoms with Gasteiger partial charge >= 0.3 is 0 Å². The van der Waals surface area contributed by atoms with Crippen LogP contribution in [0.25, 0.3) is 0 Å². The van der Waals surface area contributed by atoms with E-state index in [1.165, 1.54) is 0 Å². The fraction of sp³-hybridized carbons (Fsp3) is 0.333.